The quantitative estimate of drug-likeness (QED) is 0.489. The average Bonchev–Trinajstić information content (AvgIpc) is 2.40. The fourth-order valence-corrected chi connectivity index (χ4v) is 1.28. The van der Waals surface area contributed by atoms with Crippen molar-refractivity contribution in [3.05, 3.63) is 35.4 Å². The molecule has 19 heavy (non-hydrogen) atoms. The molecular formula is C13H13NO5. The van der Waals surface area contributed by atoms with Gasteiger partial charge in [-0.05, 0) is 30.2 Å². The monoisotopic (exact) mass is 263 g/mol. The number of carbonyl (C=O) groups is 2. The largest absolute Gasteiger partial charge is 0.497 e. The maximum Gasteiger partial charge on any atom is 0.346 e. The summed E-state index contributed by atoms with van der Waals surface area (Å²) < 4.78 is 4.99. The Balaban J connectivity index is 0.000000982. The average molecular weight is 263 g/mol. The van der Waals surface area contributed by atoms with E-state index in [0.717, 1.165) is 0 Å². The van der Waals surface area contributed by atoms with E-state index < -0.39 is 5.97 Å². The molecule has 0 aromatic heterocycles. The number of benzene rings is 1. The van der Waals surface area contributed by atoms with Gasteiger partial charge < -0.3 is 14.9 Å². The third-order valence-corrected chi connectivity index (χ3v) is 2.22. The van der Waals surface area contributed by atoms with E-state index in [-0.39, 0.29) is 12.0 Å². The molecule has 0 atom stereocenters. The Bertz CT molecular complexity index is 511. The van der Waals surface area contributed by atoms with Gasteiger partial charge in [-0.25, -0.2) is 4.79 Å². The number of nitrogens with zero attached hydrogens (tertiary/aromatic N) is 1. The number of allylic oxidation sites excluding steroid dienone is 1. The topological polar surface area (TPSA) is 108 Å². The maximum atomic E-state index is 10.8. The zero-order chi connectivity index (χ0) is 14.8. The van der Waals surface area contributed by atoms with Gasteiger partial charge in [-0.15, -0.1) is 0 Å². The second-order valence-corrected chi connectivity index (χ2v) is 3.25. The molecule has 0 aliphatic heterocycles. The smallest absolute Gasteiger partial charge is 0.346 e. The van der Waals surface area contributed by atoms with Gasteiger partial charge in [0.2, 0.25) is 0 Å². The van der Waals surface area contributed by atoms with Crippen LogP contribution in [-0.4, -0.2) is 29.8 Å². The van der Waals surface area contributed by atoms with Crippen LogP contribution in [0.4, 0.5) is 0 Å². The van der Waals surface area contributed by atoms with E-state index in [1.165, 1.54) is 0 Å². The van der Waals surface area contributed by atoms with Crippen molar-refractivity contribution in [2.45, 2.75) is 6.92 Å². The van der Waals surface area contributed by atoms with Gasteiger partial charge in [0.15, 0.2) is 0 Å². The lowest BCUT2D eigenvalue weighted by molar-refractivity contribution is -0.132. The van der Waals surface area contributed by atoms with Gasteiger partial charge in [-0.2, -0.15) is 5.26 Å². The number of carboxylic acid groups (broad SMARTS) is 2. The Hall–Kier alpha value is -2.81. The maximum absolute atomic E-state index is 10.8. The Morgan fingerprint density at radius 1 is 1.37 bits per heavy atom. The van der Waals surface area contributed by atoms with Crippen molar-refractivity contribution in [2.75, 3.05) is 7.11 Å². The summed E-state index contributed by atoms with van der Waals surface area (Å²) in [5.41, 5.74) is 0.891. The molecule has 0 spiro atoms. The lowest BCUT2D eigenvalue weighted by Crippen LogP contribution is -2.00. The molecule has 0 bridgehead atoms. The van der Waals surface area contributed by atoms with Crippen LogP contribution in [0.15, 0.2) is 29.8 Å². The highest BCUT2D eigenvalue weighted by Crippen LogP contribution is 2.21. The van der Waals surface area contributed by atoms with Crippen LogP contribution >= 0.6 is 0 Å². The van der Waals surface area contributed by atoms with E-state index >= 15 is 0 Å². The number of ether oxygens (including phenoxy) is 1. The molecule has 0 aliphatic carbocycles. The van der Waals surface area contributed by atoms with Gasteiger partial charge in [0.25, 0.3) is 6.47 Å². The molecule has 1 rings (SSSR count). The summed E-state index contributed by atoms with van der Waals surface area (Å²) in [5, 5.41) is 24.4. The first kappa shape index (κ1) is 16.2. The van der Waals surface area contributed by atoms with Gasteiger partial charge in [0, 0.05) is 0 Å². The number of rotatable bonds is 3. The molecule has 6 nitrogen and oxygen atoms in total. The molecule has 1 aromatic rings. The Kier molecular flexibility index (Phi) is 7.08. The van der Waals surface area contributed by atoms with Crippen LogP contribution in [0.3, 0.4) is 0 Å². The zero-order valence-corrected chi connectivity index (χ0v) is 10.5. The molecule has 0 saturated carbocycles. The van der Waals surface area contributed by atoms with Crippen LogP contribution < -0.4 is 4.74 Å². The molecule has 6 heteroatoms. The third-order valence-electron chi connectivity index (χ3n) is 2.22. The number of hydrogen-bond donors (Lipinski definition) is 2. The summed E-state index contributed by atoms with van der Waals surface area (Å²) in [4.78, 5) is 19.1. The van der Waals surface area contributed by atoms with E-state index in [9.17, 15) is 4.79 Å². The number of carboxylic acids is 1. The standard InChI is InChI=1S/C12H11NO3.CH2O2/c1-8(11(7-13)12(14)15)9-3-5-10(16-2)6-4-9;2-1-3/h3-6H,1-2H3,(H,14,15);1H,(H,2,3). The van der Waals surface area contributed by atoms with Crippen molar-refractivity contribution >= 4 is 18.0 Å². The Labute approximate surface area is 110 Å². The minimum Gasteiger partial charge on any atom is -0.497 e. The van der Waals surface area contributed by atoms with Crippen molar-refractivity contribution in [1.29, 1.82) is 5.26 Å². The van der Waals surface area contributed by atoms with Crippen molar-refractivity contribution in [2.24, 2.45) is 0 Å². The van der Waals surface area contributed by atoms with Gasteiger partial charge >= 0.3 is 5.97 Å². The molecular weight excluding hydrogens is 250 g/mol. The fraction of sp³-hybridized carbons (Fsp3) is 0.154. The van der Waals surface area contributed by atoms with E-state index in [2.05, 4.69) is 0 Å². The number of methoxy groups -OCH3 is 1. The summed E-state index contributed by atoms with van der Waals surface area (Å²) in [5.74, 6) is -0.527. The van der Waals surface area contributed by atoms with Crippen LogP contribution in [0, 0.1) is 11.3 Å². The number of aliphatic carboxylic acids is 1. The molecule has 0 amide bonds. The molecule has 0 radical (unpaired) electrons. The molecule has 0 aliphatic rings. The number of nitriles is 1. The SMILES string of the molecule is COc1ccc(C(C)=C(C#N)C(=O)O)cc1.O=CO. The summed E-state index contributed by atoms with van der Waals surface area (Å²) in [7, 11) is 1.55. The minimum absolute atomic E-state index is 0.245. The van der Waals surface area contributed by atoms with E-state index in [1.54, 1.807) is 44.4 Å². The van der Waals surface area contributed by atoms with Crippen LogP contribution in [0.5, 0.6) is 5.75 Å². The van der Waals surface area contributed by atoms with Crippen molar-refractivity contribution in [3.63, 3.8) is 0 Å². The summed E-state index contributed by atoms with van der Waals surface area (Å²) >= 11 is 0. The van der Waals surface area contributed by atoms with Crippen LogP contribution in [0.25, 0.3) is 5.57 Å². The first-order valence-corrected chi connectivity index (χ1v) is 5.08. The molecule has 2 N–H and O–H groups in total. The van der Waals surface area contributed by atoms with Crippen LogP contribution in [0.1, 0.15) is 12.5 Å². The minimum atomic E-state index is -1.21. The molecule has 1 aromatic carbocycles. The molecule has 0 fully saturated rings. The van der Waals surface area contributed by atoms with E-state index in [0.29, 0.717) is 16.9 Å². The molecule has 0 unspecified atom stereocenters. The summed E-state index contributed by atoms with van der Waals surface area (Å²) in [6, 6.07) is 8.55. The fourth-order valence-electron chi connectivity index (χ4n) is 1.28. The lowest BCUT2D eigenvalue weighted by Gasteiger charge is -2.04. The first-order valence-electron chi connectivity index (χ1n) is 5.08. The Morgan fingerprint density at radius 3 is 2.16 bits per heavy atom. The zero-order valence-electron chi connectivity index (χ0n) is 10.5. The predicted molar refractivity (Wildman–Crippen MR) is 67.5 cm³/mol. The van der Waals surface area contributed by atoms with Gasteiger partial charge in [-0.1, -0.05) is 12.1 Å². The first-order chi connectivity index (χ1) is 9.01. The van der Waals surface area contributed by atoms with Crippen molar-refractivity contribution in [1.82, 2.24) is 0 Å². The van der Waals surface area contributed by atoms with E-state index in [1.807, 2.05) is 0 Å². The normalized spacial score (nSPS) is 10.2. The Morgan fingerprint density at radius 2 is 1.84 bits per heavy atom. The number of hydrogen-bond acceptors (Lipinski definition) is 4. The van der Waals surface area contributed by atoms with Gasteiger partial charge in [0.1, 0.15) is 17.4 Å². The van der Waals surface area contributed by atoms with Crippen LogP contribution in [0.2, 0.25) is 0 Å². The van der Waals surface area contributed by atoms with Gasteiger partial charge in [0.05, 0.1) is 7.11 Å². The highest BCUT2D eigenvalue weighted by atomic mass is 16.5. The van der Waals surface area contributed by atoms with Crippen LogP contribution in [-0.2, 0) is 9.59 Å². The summed E-state index contributed by atoms with van der Waals surface area (Å²) in [6.07, 6.45) is 0. The van der Waals surface area contributed by atoms with E-state index in [4.69, 9.17) is 25.0 Å². The lowest BCUT2D eigenvalue weighted by atomic mass is 10.0. The molecule has 0 heterocycles. The predicted octanol–water partition coefficient (Wildman–Crippen LogP) is 1.78. The van der Waals surface area contributed by atoms with Gasteiger partial charge in [-0.3, -0.25) is 4.79 Å². The third kappa shape index (κ3) is 4.91. The molecule has 100 valence electrons. The second kappa shape index (κ2) is 8.31. The highest BCUT2D eigenvalue weighted by molar-refractivity contribution is 6.00. The highest BCUT2D eigenvalue weighted by Gasteiger charge is 2.11. The van der Waals surface area contributed by atoms with Crippen molar-refractivity contribution < 1.29 is 24.5 Å². The summed E-state index contributed by atoms with van der Waals surface area (Å²) in [6.45, 7) is 1.36. The molecule has 0 saturated heterocycles. The van der Waals surface area contributed by atoms with Crippen molar-refractivity contribution in [3.8, 4) is 11.8 Å². The second-order valence-electron chi connectivity index (χ2n) is 3.25.